The molecule has 4 nitrogen and oxygen atoms in total. The molecule has 0 aliphatic carbocycles. The predicted molar refractivity (Wildman–Crippen MR) is 70.9 cm³/mol. The molecule has 0 aliphatic rings. The molecule has 0 aromatic carbocycles. The van der Waals surface area contributed by atoms with Gasteiger partial charge in [0.15, 0.2) is 0 Å². The molecule has 0 saturated heterocycles. The van der Waals surface area contributed by atoms with Crippen molar-refractivity contribution < 1.29 is 0 Å². The van der Waals surface area contributed by atoms with Gasteiger partial charge in [0, 0.05) is 11.1 Å². The van der Waals surface area contributed by atoms with Crippen molar-refractivity contribution in [1.82, 2.24) is 15.0 Å². The molecule has 0 fully saturated rings. The quantitative estimate of drug-likeness (QED) is 0.876. The van der Waals surface area contributed by atoms with Crippen molar-refractivity contribution in [3.05, 3.63) is 32.6 Å². The van der Waals surface area contributed by atoms with E-state index >= 15 is 0 Å². The van der Waals surface area contributed by atoms with Crippen molar-refractivity contribution in [3.8, 4) is 0 Å². The molecule has 17 heavy (non-hydrogen) atoms. The van der Waals surface area contributed by atoms with Crippen molar-refractivity contribution in [3.63, 3.8) is 0 Å². The van der Waals surface area contributed by atoms with Crippen molar-refractivity contribution >= 4 is 40.4 Å². The lowest BCUT2D eigenvalue weighted by atomic mass is 10.4. The SMILES string of the molecule is CCc1cnc(CNc2nc(Cl)ncc2Cl)s1. The molecule has 0 saturated carbocycles. The number of hydrogen-bond acceptors (Lipinski definition) is 5. The van der Waals surface area contributed by atoms with Crippen LogP contribution in [0.15, 0.2) is 12.4 Å². The van der Waals surface area contributed by atoms with Crippen LogP contribution < -0.4 is 5.32 Å². The van der Waals surface area contributed by atoms with Crippen LogP contribution in [0.2, 0.25) is 10.3 Å². The number of nitrogens with one attached hydrogen (secondary N) is 1. The van der Waals surface area contributed by atoms with E-state index < -0.39 is 0 Å². The minimum Gasteiger partial charge on any atom is -0.362 e. The number of anilines is 1. The topological polar surface area (TPSA) is 50.7 Å². The maximum Gasteiger partial charge on any atom is 0.224 e. The first kappa shape index (κ1) is 12.5. The highest BCUT2D eigenvalue weighted by molar-refractivity contribution is 7.11. The van der Waals surface area contributed by atoms with Crippen LogP contribution >= 0.6 is 34.5 Å². The molecule has 2 aromatic rings. The molecule has 2 aromatic heterocycles. The standard InChI is InChI=1S/C10H10Cl2N4S/c1-2-6-3-13-8(17-6)5-14-9-7(11)4-15-10(12)16-9/h3-4H,2,5H2,1H3,(H,14,15,16). The highest BCUT2D eigenvalue weighted by atomic mass is 35.5. The molecule has 0 unspecified atom stereocenters. The first-order chi connectivity index (χ1) is 8.19. The second-order valence-electron chi connectivity index (χ2n) is 3.26. The van der Waals surface area contributed by atoms with E-state index in [4.69, 9.17) is 23.2 Å². The lowest BCUT2D eigenvalue weighted by molar-refractivity contribution is 1.06. The van der Waals surface area contributed by atoms with E-state index in [1.165, 1.54) is 11.1 Å². The maximum absolute atomic E-state index is 5.93. The van der Waals surface area contributed by atoms with E-state index in [1.807, 2.05) is 6.20 Å². The van der Waals surface area contributed by atoms with Crippen LogP contribution in [0.4, 0.5) is 5.82 Å². The largest absolute Gasteiger partial charge is 0.362 e. The van der Waals surface area contributed by atoms with Gasteiger partial charge in [-0.25, -0.2) is 9.97 Å². The molecule has 2 heterocycles. The van der Waals surface area contributed by atoms with Crippen LogP contribution in [0.1, 0.15) is 16.8 Å². The Labute approximate surface area is 113 Å². The summed E-state index contributed by atoms with van der Waals surface area (Å²) in [5, 5.41) is 4.70. The summed E-state index contributed by atoms with van der Waals surface area (Å²) >= 11 is 13.3. The summed E-state index contributed by atoms with van der Waals surface area (Å²) in [5.74, 6) is 0.528. The lowest BCUT2D eigenvalue weighted by Gasteiger charge is -2.04. The third kappa shape index (κ3) is 3.28. The fraction of sp³-hybridized carbons (Fsp3) is 0.300. The van der Waals surface area contributed by atoms with Crippen LogP contribution in [0, 0.1) is 0 Å². The van der Waals surface area contributed by atoms with E-state index in [1.54, 1.807) is 11.3 Å². The van der Waals surface area contributed by atoms with Crippen LogP contribution in [0.3, 0.4) is 0 Å². The first-order valence-electron chi connectivity index (χ1n) is 5.04. The Hall–Kier alpha value is -0.910. The fourth-order valence-electron chi connectivity index (χ4n) is 1.22. The van der Waals surface area contributed by atoms with Gasteiger partial charge in [0.05, 0.1) is 12.7 Å². The molecule has 2 rings (SSSR count). The molecule has 0 bridgehead atoms. The summed E-state index contributed by atoms with van der Waals surface area (Å²) in [4.78, 5) is 13.3. The molecule has 7 heteroatoms. The highest BCUT2D eigenvalue weighted by Crippen LogP contribution is 2.21. The average molecular weight is 289 g/mol. The molecule has 0 spiro atoms. The molecule has 90 valence electrons. The number of aryl methyl sites for hydroxylation is 1. The van der Waals surface area contributed by atoms with Gasteiger partial charge in [-0.05, 0) is 18.0 Å². The van der Waals surface area contributed by atoms with Gasteiger partial charge in [0.2, 0.25) is 5.28 Å². The maximum atomic E-state index is 5.93. The van der Waals surface area contributed by atoms with Crippen molar-refractivity contribution in [1.29, 1.82) is 0 Å². The van der Waals surface area contributed by atoms with Crippen LogP contribution in [0.5, 0.6) is 0 Å². The number of halogens is 2. The van der Waals surface area contributed by atoms with Gasteiger partial charge in [-0.3, -0.25) is 0 Å². The molecule has 1 N–H and O–H groups in total. The molecule has 0 aliphatic heterocycles. The lowest BCUT2D eigenvalue weighted by Crippen LogP contribution is -2.02. The van der Waals surface area contributed by atoms with Gasteiger partial charge in [-0.15, -0.1) is 11.3 Å². The molecular weight excluding hydrogens is 279 g/mol. The zero-order valence-electron chi connectivity index (χ0n) is 9.07. The van der Waals surface area contributed by atoms with E-state index in [9.17, 15) is 0 Å². The van der Waals surface area contributed by atoms with Gasteiger partial charge in [-0.1, -0.05) is 18.5 Å². The Balaban J connectivity index is 2.04. The predicted octanol–water partition coefficient (Wildman–Crippen LogP) is 3.41. The van der Waals surface area contributed by atoms with Crippen molar-refractivity contribution in [2.75, 3.05) is 5.32 Å². The highest BCUT2D eigenvalue weighted by Gasteiger charge is 2.05. The summed E-state index contributed by atoms with van der Waals surface area (Å²) in [6.07, 6.45) is 4.35. The van der Waals surface area contributed by atoms with Gasteiger partial charge in [0.25, 0.3) is 0 Å². The Morgan fingerprint density at radius 3 is 2.82 bits per heavy atom. The first-order valence-corrected chi connectivity index (χ1v) is 6.61. The Morgan fingerprint density at radius 1 is 1.29 bits per heavy atom. The number of rotatable bonds is 4. The van der Waals surface area contributed by atoms with E-state index in [0.29, 0.717) is 17.4 Å². The smallest absolute Gasteiger partial charge is 0.224 e. The van der Waals surface area contributed by atoms with Gasteiger partial charge < -0.3 is 5.32 Å². The summed E-state index contributed by atoms with van der Waals surface area (Å²) in [7, 11) is 0. The monoisotopic (exact) mass is 288 g/mol. The third-order valence-corrected chi connectivity index (χ3v) is 3.67. The van der Waals surface area contributed by atoms with Crippen molar-refractivity contribution in [2.45, 2.75) is 19.9 Å². The zero-order chi connectivity index (χ0) is 12.3. The normalized spacial score (nSPS) is 10.5. The van der Waals surface area contributed by atoms with E-state index in [0.717, 1.165) is 11.4 Å². The molecule has 0 amide bonds. The average Bonchev–Trinajstić information content (AvgIpc) is 2.78. The number of aromatic nitrogens is 3. The summed E-state index contributed by atoms with van der Waals surface area (Å²) in [6, 6.07) is 0. The minimum absolute atomic E-state index is 0.172. The van der Waals surface area contributed by atoms with Crippen LogP contribution in [-0.2, 0) is 13.0 Å². The van der Waals surface area contributed by atoms with Gasteiger partial charge >= 0.3 is 0 Å². The van der Waals surface area contributed by atoms with Gasteiger partial charge in [-0.2, -0.15) is 4.98 Å². The molecule has 0 radical (unpaired) electrons. The van der Waals surface area contributed by atoms with E-state index in [2.05, 4.69) is 27.2 Å². The summed E-state index contributed by atoms with van der Waals surface area (Å²) in [5.41, 5.74) is 0. The number of nitrogens with zero attached hydrogens (tertiary/aromatic N) is 3. The number of thiazole rings is 1. The Bertz CT molecular complexity index is 515. The van der Waals surface area contributed by atoms with E-state index in [-0.39, 0.29) is 5.28 Å². The second kappa shape index (κ2) is 5.62. The van der Waals surface area contributed by atoms with Crippen LogP contribution in [0.25, 0.3) is 0 Å². The van der Waals surface area contributed by atoms with Gasteiger partial charge in [0.1, 0.15) is 15.8 Å². The fourth-order valence-corrected chi connectivity index (χ4v) is 2.32. The van der Waals surface area contributed by atoms with Crippen molar-refractivity contribution in [2.24, 2.45) is 0 Å². The minimum atomic E-state index is 0.172. The zero-order valence-corrected chi connectivity index (χ0v) is 11.4. The Morgan fingerprint density at radius 2 is 2.12 bits per heavy atom. The number of hydrogen-bond donors (Lipinski definition) is 1. The summed E-state index contributed by atoms with van der Waals surface area (Å²) in [6.45, 7) is 2.68. The Kier molecular flexibility index (Phi) is 4.15. The van der Waals surface area contributed by atoms with Crippen LogP contribution in [-0.4, -0.2) is 15.0 Å². The summed E-state index contributed by atoms with van der Waals surface area (Å²) < 4.78 is 0. The third-order valence-electron chi connectivity index (χ3n) is 2.07. The molecular formula is C10H10Cl2N4S. The molecule has 0 atom stereocenters. The second-order valence-corrected chi connectivity index (χ2v) is 5.21.